The fourth-order valence-electron chi connectivity index (χ4n) is 2.79. The summed E-state index contributed by atoms with van der Waals surface area (Å²) < 4.78 is 5.43. The predicted molar refractivity (Wildman–Crippen MR) is 82.5 cm³/mol. The number of anilines is 1. The molecule has 1 aliphatic heterocycles. The van der Waals surface area contributed by atoms with Gasteiger partial charge < -0.3 is 20.5 Å². The van der Waals surface area contributed by atoms with Gasteiger partial charge in [-0.2, -0.15) is 0 Å². The third-order valence-corrected chi connectivity index (χ3v) is 3.95. The number of ether oxygens (including phenoxy) is 1. The Morgan fingerprint density at radius 1 is 1.52 bits per heavy atom. The van der Waals surface area contributed by atoms with Crippen molar-refractivity contribution in [2.45, 2.75) is 26.2 Å². The fourth-order valence-corrected chi connectivity index (χ4v) is 2.79. The largest absolute Gasteiger partial charge is 0.492 e. The van der Waals surface area contributed by atoms with Gasteiger partial charge in [0.15, 0.2) is 0 Å². The molecule has 0 aromatic heterocycles. The number of benzene rings is 1. The Balaban J connectivity index is 1.88. The molecule has 0 amide bonds. The van der Waals surface area contributed by atoms with E-state index in [1.54, 1.807) is 0 Å². The second-order valence-corrected chi connectivity index (χ2v) is 5.53. The number of hydrogen-bond acceptors (Lipinski definition) is 4. The van der Waals surface area contributed by atoms with E-state index in [4.69, 9.17) is 15.6 Å². The Kier molecular flexibility index (Phi) is 5.44. The van der Waals surface area contributed by atoms with Crippen molar-refractivity contribution in [1.82, 2.24) is 4.90 Å². The lowest BCUT2D eigenvalue weighted by Crippen LogP contribution is -2.39. The highest BCUT2D eigenvalue weighted by Crippen LogP contribution is 2.23. The summed E-state index contributed by atoms with van der Waals surface area (Å²) in [5, 5.41) is 9.10. The molecule has 0 radical (unpaired) electrons. The topological polar surface area (TPSA) is 75.8 Å². The van der Waals surface area contributed by atoms with Gasteiger partial charge in [-0.25, -0.2) is 0 Å². The van der Waals surface area contributed by atoms with Gasteiger partial charge in [0, 0.05) is 13.1 Å². The SMILES string of the molecule is CCOc1ccc(CCN2CCCC(C(=O)O)C2)cc1N. The normalized spacial score (nSPS) is 19.4. The summed E-state index contributed by atoms with van der Waals surface area (Å²) in [5.41, 5.74) is 7.79. The average molecular weight is 292 g/mol. The van der Waals surface area contributed by atoms with Crippen LogP contribution in [0.4, 0.5) is 5.69 Å². The van der Waals surface area contributed by atoms with Crippen molar-refractivity contribution in [2.75, 3.05) is 32.0 Å². The molecule has 21 heavy (non-hydrogen) atoms. The van der Waals surface area contributed by atoms with Gasteiger partial charge in [-0.05, 0) is 50.4 Å². The van der Waals surface area contributed by atoms with E-state index in [9.17, 15) is 4.79 Å². The third-order valence-electron chi connectivity index (χ3n) is 3.95. The Hall–Kier alpha value is -1.75. The number of piperidine rings is 1. The molecule has 0 aliphatic carbocycles. The van der Waals surface area contributed by atoms with Crippen molar-refractivity contribution in [2.24, 2.45) is 5.92 Å². The molecule has 1 fully saturated rings. The highest BCUT2D eigenvalue weighted by molar-refractivity contribution is 5.70. The van der Waals surface area contributed by atoms with Gasteiger partial charge in [-0.15, -0.1) is 0 Å². The van der Waals surface area contributed by atoms with Crippen LogP contribution in [-0.4, -0.2) is 42.2 Å². The first kappa shape index (κ1) is 15.6. The fraction of sp³-hybridized carbons (Fsp3) is 0.562. The minimum Gasteiger partial charge on any atom is -0.492 e. The highest BCUT2D eigenvalue weighted by atomic mass is 16.5. The average Bonchev–Trinajstić information content (AvgIpc) is 2.48. The Labute approximate surface area is 125 Å². The number of carboxylic acid groups (broad SMARTS) is 1. The van der Waals surface area contributed by atoms with Gasteiger partial charge in [-0.3, -0.25) is 4.79 Å². The Morgan fingerprint density at radius 2 is 2.33 bits per heavy atom. The van der Waals surface area contributed by atoms with Crippen molar-refractivity contribution < 1.29 is 14.6 Å². The second-order valence-electron chi connectivity index (χ2n) is 5.53. The van der Waals surface area contributed by atoms with Crippen molar-refractivity contribution in [1.29, 1.82) is 0 Å². The molecule has 1 aliphatic rings. The predicted octanol–water partition coefficient (Wildman–Crippen LogP) is 2.01. The molecule has 0 saturated carbocycles. The maximum Gasteiger partial charge on any atom is 0.307 e. The minimum absolute atomic E-state index is 0.218. The van der Waals surface area contributed by atoms with Crippen LogP contribution in [-0.2, 0) is 11.2 Å². The van der Waals surface area contributed by atoms with Gasteiger partial charge in [0.2, 0.25) is 0 Å². The van der Waals surface area contributed by atoms with Crippen LogP contribution in [0, 0.1) is 5.92 Å². The molecule has 0 bridgehead atoms. The van der Waals surface area contributed by atoms with Crippen LogP contribution in [0.1, 0.15) is 25.3 Å². The van der Waals surface area contributed by atoms with Gasteiger partial charge in [-0.1, -0.05) is 6.07 Å². The number of rotatable bonds is 6. The number of nitrogen functional groups attached to an aromatic ring is 1. The number of aliphatic carboxylic acids is 1. The Morgan fingerprint density at radius 3 is 3.00 bits per heavy atom. The smallest absolute Gasteiger partial charge is 0.307 e. The summed E-state index contributed by atoms with van der Waals surface area (Å²) in [4.78, 5) is 13.3. The molecule has 1 unspecified atom stereocenters. The van der Waals surface area contributed by atoms with E-state index in [-0.39, 0.29) is 5.92 Å². The molecule has 116 valence electrons. The van der Waals surface area contributed by atoms with Crippen LogP contribution in [0.2, 0.25) is 0 Å². The standard InChI is InChI=1S/C16H24N2O3/c1-2-21-15-6-5-12(10-14(15)17)7-9-18-8-3-4-13(11-18)16(19)20/h5-6,10,13H,2-4,7-9,11,17H2,1H3,(H,19,20). The molecule has 5 heteroatoms. The summed E-state index contributed by atoms with van der Waals surface area (Å²) in [6.45, 7) is 5.05. The zero-order valence-corrected chi connectivity index (χ0v) is 12.5. The van der Waals surface area contributed by atoms with Gasteiger partial charge >= 0.3 is 5.97 Å². The molecule has 1 aromatic carbocycles. The van der Waals surface area contributed by atoms with E-state index < -0.39 is 5.97 Å². The van der Waals surface area contributed by atoms with Gasteiger partial charge in [0.1, 0.15) is 5.75 Å². The zero-order chi connectivity index (χ0) is 15.2. The molecular formula is C16H24N2O3. The van der Waals surface area contributed by atoms with E-state index in [1.165, 1.54) is 0 Å². The van der Waals surface area contributed by atoms with Gasteiger partial charge in [0.05, 0.1) is 18.2 Å². The van der Waals surface area contributed by atoms with Crippen molar-refractivity contribution >= 4 is 11.7 Å². The molecule has 1 aromatic rings. The summed E-state index contributed by atoms with van der Waals surface area (Å²) in [6.07, 6.45) is 2.63. The molecule has 3 N–H and O–H groups in total. The number of hydrogen-bond donors (Lipinski definition) is 2. The zero-order valence-electron chi connectivity index (χ0n) is 12.5. The van der Waals surface area contributed by atoms with Crippen LogP contribution in [0.3, 0.4) is 0 Å². The van der Waals surface area contributed by atoms with Crippen LogP contribution in [0.15, 0.2) is 18.2 Å². The summed E-state index contributed by atoms with van der Waals surface area (Å²) in [5.74, 6) is -0.167. The number of nitrogens with two attached hydrogens (primary N) is 1. The Bertz CT molecular complexity index is 490. The molecule has 1 atom stereocenters. The van der Waals surface area contributed by atoms with Crippen LogP contribution in [0.25, 0.3) is 0 Å². The second kappa shape index (κ2) is 7.31. The molecule has 1 saturated heterocycles. The summed E-state index contributed by atoms with van der Waals surface area (Å²) in [7, 11) is 0. The van der Waals surface area contributed by atoms with E-state index in [0.29, 0.717) is 18.8 Å². The first-order valence-corrected chi connectivity index (χ1v) is 7.56. The first-order valence-electron chi connectivity index (χ1n) is 7.56. The summed E-state index contributed by atoms with van der Waals surface area (Å²) >= 11 is 0. The molecule has 5 nitrogen and oxygen atoms in total. The van der Waals surface area contributed by atoms with Gasteiger partial charge in [0.25, 0.3) is 0 Å². The van der Waals surface area contributed by atoms with Crippen molar-refractivity contribution in [3.8, 4) is 5.75 Å². The number of likely N-dealkylation sites (tertiary alicyclic amines) is 1. The molecule has 2 rings (SSSR count). The van der Waals surface area contributed by atoms with Crippen LogP contribution in [0.5, 0.6) is 5.75 Å². The maximum absolute atomic E-state index is 11.1. The molecule has 0 spiro atoms. The summed E-state index contributed by atoms with van der Waals surface area (Å²) in [6, 6.07) is 5.88. The van der Waals surface area contributed by atoms with Crippen LogP contribution < -0.4 is 10.5 Å². The van der Waals surface area contributed by atoms with E-state index >= 15 is 0 Å². The molecular weight excluding hydrogens is 268 g/mol. The number of carboxylic acids is 1. The lowest BCUT2D eigenvalue weighted by Gasteiger charge is -2.30. The first-order chi connectivity index (χ1) is 10.1. The lowest BCUT2D eigenvalue weighted by atomic mass is 9.98. The van der Waals surface area contributed by atoms with Crippen molar-refractivity contribution in [3.63, 3.8) is 0 Å². The van der Waals surface area contributed by atoms with E-state index in [2.05, 4.69) is 4.90 Å². The minimum atomic E-state index is -0.676. The number of nitrogens with zero attached hydrogens (tertiary/aromatic N) is 1. The van der Waals surface area contributed by atoms with E-state index in [1.807, 2.05) is 25.1 Å². The van der Waals surface area contributed by atoms with E-state index in [0.717, 1.165) is 43.7 Å². The lowest BCUT2D eigenvalue weighted by molar-refractivity contribution is -0.143. The quantitative estimate of drug-likeness (QED) is 0.784. The molecule has 1 heterocycles. The highest BCUT2D eigenvalue weighted by Gasteiger charge is 2.24. The van der Waals surface area contributed by atoms with Crippen LogP contribution >= 0.6 is 0 Å². The maximum atomic E-state index is 11.1. The third kappa shape index (κ3) is 4.36. The number of carbonyl (C=O) groups is 1. The monoisotopic (exact) mass is 292 g/mol. The van der Waals surface area contributed by atoms with Crippen molar-refractivity contribution in [3.05, 3.63) is 23.8 Å².